The maximum Gasteiger partial charge on any atom is 0.150 e. The molecule has 74 valence electrons. The maximum absolute atomic E-state index is 10.6. The zero-order valence-electron chi connectivity index (χ0n) is 8.34. The van der Waals surface area contributed by atoms with Crippen LogP contribution in [0.3, 0.4) is 0 Å². The Balaban J connectivity index is 2.51. The van der Waals surface area contributed by atoms with Crippen LogP contribution in [0, 0.1) is 6.92 Å². The molecule has 3 nitrogen and oxygen atoms in total. The first-order chi connectivity index (χ1) is 7.31. The van der Waals surface area contributed by atoms with Gasteiger partial charge in [0.25, 0.3) is 0 Å². The molecule has 0 N–H and O–H groups in total. The average molecular weight is 198 g/mol. The Kier molecular flexibility index (Phi) is 2.54. The van der Waals surface area contributed by atoms with Crippen molar-refractivity contribution in [3.63, 3.8) is 0 Å². The molecule has 0 fully saturated rings. The van der Waals surface area contributed by atoms with Crippen molar-refractivity contribution in [2.24, 2.45) is 0 Å². The summed E-state index contributed by atoms with van der Waals surface area (Å²) in [5.74, 6) is 0. The molecule has 0 saturated carbocycles. The predicted octanol–water partition coefficient (Wildman–Crippen LogP) is 2.26. The monoisotopic (exact) mass is 198 g/mol. The maximum atomic E-state index is 10.6. The van der Waals surface area contributed by atoms with Gasteiger partial charge in [0.1, 0.15) is 6.29 Å². The molecule has 0 bridgehead atoms. The second-order valence-electron chi connectivity index (χ2n) is 3.28. The quantitative estimate of drug-likeness (QED) is 0.695. The smallest absolute Gasteiger partial charge is 0.150 e. The fourth-order valence-corrected chi connectivity index (χ4v) is 1.49. The van der Waals surface area contributed by atoms with Crippen LogP contribution in [-0.4, -0.2) is 16.3 Å². The molecule has 0 aliphatic rings. The molecule has 1 aromatic carbocycles. The first kappa shape index (κ1) is 9.52. The van der Waals surface area contributed by atoms with Gasteiger partial charge in [0.05, 0.1) is 11.9 Å². The minimum absolute atomic E-state index is 0.681. The van der Waals surface area contributed by atoms with Crippen LogP contribution < -0.4 is 0 Å². The third kappa shape index (κ3) is 1.91. The van der Waals surface area contributed by atoms with E-state index in [0.29, 0.717) is 5.56 Å². The minimum atomic E-state index is 0.681. The number of aromatic nitrogens is 2. The highest BCUT2D eigenvalue weighted by Crippen LogP contribution is 2.20. The van der Waals surface area contributed by atoms with Gasteiger partial charge in [0, 0.05) is 23.5 Å². The molecule has 0 aliphatic carbocycles. The van der Waals surface area contributed by atoms with Gasteiger partial charge in [-0.05, 0) is 18.6 Å². The number of aldehydes is 1. The van der Waals surface area contributed by atoms with Crippen LogP contribution in [0.1, 0.15) is 15.9 Å². The van der Waals surface area contributed by atoms with Crippen LogP contribution in [0.25, 0.3) is 11.3 Å². The normalized spacial score (nSPS) is 9.93. The Morgan fingerprint density at radius 1 is 1.27 bits per heavy atom. The summed E-state index contributed by atoms with van der Waals surface area (Å²) in [4.78, 5) is 18.8. The van der Waals surface area contributed by atoms with Gasteiger partial charge >= 0.3 is 0 Å². The molecule has 0 amide bonds. The SMILES string of the molecule is Cc1cc(C=O)ccc1-c1cnccn1. The number of rotatable bonds is 2. The summed E-state index contributed by atoms with van der Waals surface area (Å²) in [6, 6.07) is 5.52. The van der Waals surface area contributed by atoms with E-state index in [1.807, 2.05) is 19.1 Å². The van der Waals surface area contributed by atoms with E-state index in [0.717, 1.165) is 23.1 Å². The second kappa shape index (κ2) is 4.00. The first-order valence-electron chi connectivity index (χ1n) is 4.63. The van der Waals surface area contributed by atoms with Gasteiger partial charge in [0.15, 0.2) is 0 Å². The van der Waals surface area contributed by atoms with Crippen molar-refractivity contribution in [1.82, 2.24) is 9.97 Å². The molecule has 0 unspecified atom stereocenters. The molecular formula is C12H10N2O. The van der Waals surface area contributed by atoms with Gasteiger partial charge in [-0.3, -0.25) is 14.8 Å². The average Bonchev–Trinajstić information content (AvgIpc) is 2.30. The lowest BCUT2D eigenvalue weighted by molar-refractivity contribution is 0.112. The Labute approximate surface area is 87.8 Å². The molecule has 0 atom stereocenters. The van der Waals surface area contributed by atoms with E-state index in [-0.39, 0.29) is 0 Å². The van der Waals surface area contributed by atoms with Crippen molar-refractivity contribution in [2.45, 2.75) is 6.92 Å². The lowest BCUT2D eigenvalue weighted by Crippen LogP contribution is -1.89. The summed E-state index contributed by atoms with van der Waals surface area (Å²) in [6.07, 6.45) is 5.84. The van der Waals surface area contributed by atoms with Gasteiger partial charge in [-0.2, -0.15) is 0 Å². The van der Waals surface area contributed by atoms with E-state index in [9.17, 15) is 4.79 Å². The fourth-order valence-electron chi connectivity index (χ4n) is 1.49. The van der Waals surface area contributed by atoms with Gasteiger partial charge in [0.2, 0.25) is 0 Å². The molecule has 15 heavy (non-hydrogen) atoms. The molecule has 1 aromatic heterocycles. The molecule has 2 aromatic rings. The first-order valence-corrected chi connectivity index (χ1v) is 4.63. The van der Waals surface area contributed by atoms with E-state index in [1.54, 1.807) is 24.7 Å². The van der Waals surface area contributed by atoms with Crippen LogP contribution in [0.2, 0.25) is 0 Å². The molecule has 0 radical (unpaired) electrons. The van der Waals surface area contributed by atoms with Gasteiger partial charge < -0.3 is 0 Å². The number of carbonyl (C=O) groups is 1. The van der Waals surface area contributed by atoms with Crippen LogP contribution in [0.15, 0.2) is 36.8 Å². The molecule has 2 rings (SSSR count). The highest BCUT2D eigenvalue weighted by Gasteiger charge is 2.03. The molecule has 0 aliphatic heterocycles. The van der Waals surface area contributed by atoms with E-state index in [4.69, 9.17) is 0 Å². The molecule has 1 heterocycles. The van der Waals surface area contributed by atoms with Crippen LogP contribution in [0.5, 0.6) is 0 Å². The zero-order chi connectivity index (χ0) is 10.7. The third-order valence-electron chi connectivity index (χ3n) is 2.23. The summed E-state index contributed by atoms with van der Waals surface area (Å²) < 4.78 is 0. The summed E-state index contributed by atoms with van der Waals surface area (Å²) in [5, 5.41) is 0. The van der Waals surface area contributed by atoms with E-state index in [2.05, 4.69) is 9.97 Å². The highest BCUT2D eigenvalue weighted by molar-refractivity contribution is 5.77. The summed E-state index contributed by atoms with van der Waals surface area (Å²) >= 11 is 0. The van der Waals surface area contributed by atoms with Crippen molar-refractivity contribution in [2.75, 3.05) is 0 Å². The van der Waals surface area contributed by atoms with E-state index >= 15 is 0 Å². The topological polar surface area (TPSA) is 42.9 Å². The third-order valence-corrected chi connectivity index (χ3v) is 2.23. The largest absolute Gasteiger partial charge is 0.298 e. The number of aryl methyl sites for hydroxylation is 1. The predicted molar refractivity (Wildman–Crippen MR) is 57.6 cm³/mol. The highest BCUT2D eigenvalue weighted by atomic mass is 16.1. The Bertz CT molecular complexity index is 480. The second-order valence-corrected chi connectivity index (χ2v) is 3.28. The standard InChI is InChI=1S/C12H10N2O/c1-9-6-10(8-15)2-3-11(9)12-7-13-4-5-14-12/h2-8H,1H3. The van der Waals surface area contributed by atoms with Crippen molar-refractivity contribution < 1.29 is 4.79 Å². The fraction of sp³-hybridized carbons (Fsp3) is 0.0833. The number of benzene rings is 1. The Hall–Kier alpha value is -2.03. The van der Waals surface area contributed by atoms with Crippen molar-refractivity contribution in [1.29, 1.82) is 0 Å². The van der Waals surface area contributed by atoms with Crippen LogP contribution >= 0.6 is 0 Å². The van der Waals surface area contributed by atoms with Gasteiger partial charge in [-0.1, -0.05) is 12.1 Å². The minimum Gasteiger partial charge on any atom is -0.298 e. The Morgan fingerprint density at radius 3 is 2.73 bits per heavy atom. The summed E-state index contributed by atoms with van der Waals surface area (Å²) in [5.41, 5.74) is 3.54. The molecule has 0 saturated heterocycles. The summed E-state index contributed by atoms with van der Waals surface area (Å²) in [7, 11) is 0. The van der Waals surface area contributed by atoms with Crippen LogP contribution in [-0.2, 0) is 0 Å². The molecule has 3 heteroatoms. The number of carbonyl (C=O) groups excluding carboxylic acids is 1. The number of nitrogens with zero attached hydrogens (tertiary/aromatic N) is 2. The zero-order valence-corrected chi connectivity index (χ0v) is 8.34. The number of hydrogen-bond acceptors (Lipinski definition) is 3. The lowest BCUT2D eigenvalue weighted by atomic mass is 10.0. The lowest BCUT2D eigenvalue weighted by Gasteiger charge is -2.04. The van der Waals surface area contributed by atoms with Crippen LogP contribution in [0.4, 0.5) is 0 Å². The number of hydrogen-bond donors (Lipinski definition) is 0. The van der Waals surface area contributed by atoms with E-state index in [1.165, 1.54) is 0 Å². The van der Waals surface area contributed by atoms with Gasteiger partial charge in [-0.15, -0.1) is 0 Å². The van der Waals surface area contributed by atoms with Crippen molar-refractivity contribution in [3.8, 4) is 11.3 Å². The molecular weight excluding hydrogens is 188 g/mol. The van der Waals surface area contributed by atoms with Crippen molar-refractivity contribution >= 4 is 6.29 Å². The summed E-state index contributed by atoms with van der Waals surface area (Å²) in [6.45, 7) is 1.96. The van der Waals surface area contributed by atoms with Gasteiger partial charge in [-0.25, -0.2) is 0 Å². The van der Waals surface area contributed by atoms with E-state index < -0.39 is 0 Å². The Morgan fingerprint density at radius 2 is 2.13 bits per heavy atom. The molecule has 0 spiro atoms. The van der Waals surface area contributed by atoms with Crippen molar-refractivity contribution in [3.05, 3.63) is 47.9 Å².